The van der Waals surface area contributed by atoms with Crippen LogP contribution >= 0.6 is 27.3 Å². The maximum atomic E-state index is 3.76. The highest BCUT2D eigenvalue weighted by Gasteiger charge is 2.32. The summed E-state index contributed by atoms with van der Waals surface area (Å²) in [6.45, 7) is 5.79. The molecule has 2 rings (SSSR count). The Balaban J connectivity index is 2.12. The number of hydrogen-bond donors (Lipinski definition) is 1. The van der Waals surface area contributed by atoms with Gasteiger partial charge in [-0.25, -0.2) is 0 Å². The second-order valence-electron chi connectivity index (χ2n) is 5.15. The summed E-state index contributed by atoms with van der Waals surface area (Å²) in [5.41, 5.74) is 0. The van der Waals surface area contributed by atoms with Gasteiger partial charge in [0.1, 0.15) is 0 Å². The SMILES string of the molecule is CCCNC(c1ccc(Br)s1)C1CCCC1C. The molecule has 0 amide bonds. The molecule has 17 heavy (non-hydrogen) atoms. The van der Waals surface area contributed by atoms with Crippen molar-refractivity contribution in [1.29, 1.82) is 0 Å². The van der Waals surface area contributed by atoms with Crippen LogP contribution in [0.5, 0.6) is 0 Å². The van der Waals surface area contributed by atoms with Gasteiger partial charge in [-0.3, -0.25) is 0 Å². The molecule has 1 aliphatic carbocycles. The predicted octanol–water partition coefficient (Wildman–Crippen LogP) is 4.99. The van der Waals surface area contributed by atoms with Gasteiger partial charge in [0.25, 0.3) is 0 Å². The van der Waals surface area contributed by atoms with Gasteiger partial charge in [0, 0.05) is 10.9 Å². The Bertz CT molecular complexity index is 350. The first kappa shape index (κ1) is 13.6. The molecule has 1 aromatic heterocycles. The zero-order valence-corrected chi connectivity index (χ0v) is 13.1. The van der Waals surface area contributed by atoms with Gasteiger partial charge in [-0.2, -0.15) is 0 Å². The van der Waals surface area contributed by atoms with Crippen molar-refractivity contribution in [1.82, 2.24) is 5.32 Å². The van der Waals surface area contributed by atoms with Crippen LogP contribution in [0.2, 0.25) is 0 Å². The summed E-state index contributed by atoms with van der Waals surface area (Å²) in [5.74, 6) is 1.69. The van der Waals surface area contributed by atoms with Gasteiger partial charge in [0.2, 0.25) is 0 Å². The lowest BCUT2D eigenvalue weighted by Gasteiger charge is -2.27. The van der Waals surface area contributed by atoms with Crippen molar-refractivity contribution in [2.24, 2.45) is 11.8 Å². The van der Waals surface area contributed by atoms with Gasteiger partial charge in [-0.15, -0.1) is 11.3 Å². The topological polar surface area (TPSA) is 12.0 Å². The van der Waals surface area contributed by atoms with Crippen molar-refractivity contribution in [2.45, 2.75) is 45.6 Å². The molecular formula is C14H22BrNS. The van der Waals surface area contributed by atoms with Crippen LogP contribution in [0.3, 0.4) is 0 Å². The maximum absolute atomic E-state index is 3.76. The number of rotatable bonds is 5. The van der Waals surface area contributed by atoms with Crippen molar-refractivity contribution < 1.29 is 0 Å². The molecule has 1 saturated carbocycles. The highest BCUT2D eigenvalue weighted by atomic mass is 79.9. The van der Waals surface area contributed by atoms with Crippen molar-refractivity contribution in [3.05, 3.63) is 20.8 Å². The summed E-state index contributed by atoms with van der Waals surface area (Å²) < 4.78 is 1.25. The quantitative estimate of drug-likeness (QED) is 0.807. The molecule has 96 valence electrons. The van der Waals surface area contributed by atoms with Gasteiger partial charge < -0.3 is 5.32 Å². The third kappa shape index (κ3) is 3.33. The molecule has 3 heteroatoms. The van der Waals surface area contributed by atoms with Crippen LogP contribution in [0.25, 0.3) is 0 Å². The molecule has 0 aliphatic heterocycles. The minimum Gasteiger partial charge on any atom is -0.309 e. The molecule has 1 aromatic rings. The summed E-state index contributed by atoms with van der Waals surface area (Å²) in [6.07, 6.45) is 5.41. The summed E-state index contributed by atoms with van der Waals surface area (Å²) in [6, 6.07) is 5.04. The largest absolute Gasteiger partial charge is 0.309 e. The minimum absolute atomic E-state index is 0.573. The predicted molar refractivity (Wildman–Crippen MR) is 79.6 cm³/mol. The van der Waals surface area contributed by atoms with Gasteiger partial charge in [-0.05, 0) is 59.3 Å². The first-order valence-corrected chi connectivity index (χ1v) is 8.32. The normalized spacial score (nSPS) is 26.3. The van der Waals surface area contributed by atoms with Crippen LogP contribution in [0.15, 0.2) is 15.9 Å². The molecule has 0 saturated heterocycles. The maximum Gasteiger partial charge on any atom is 0.0701 e. The van der Waals surface area contributed by atoms with E-state index in [2.05, 4.69) is 47.2 Å². The van der Waals surface area contributed by atoms with E-state index in [1.807, 2.05) is 11.3 Å². The molecule has 3 atom stereocenters. The zero-order valence-electron chi connectivity index (χ0n) is 10.7. The Hall–Kier alpha value is 0.140. The molecule has 1 fully saturated rings. The molecule has 0 radical (unpaired) electrons. The smallest absolute Gasteiger partial charge is 0.0701 e. The summed E-state index contributed by atoms with van der Waals surface area (Å²) in [5, 5.41) is 3.76. The standard InChI is InChI=1S/C14H22BrNS/c1-3-9-16-14(11-6-4-5-10(11)2)12-7-8-13(15)17-12/h7-8,10-11,14,16H,3-6,9H2,1-2H3. The van der Waals surface area contributed by atoms with Crippen molar-refractivity contribution in [3.8, 4) is 0 Å². The van der Waals surface area contributed by atoms with Crippen LogP contribution in [0.4, 0.5) is 0 Å². The second kappa shape index (κ2) is 6.35. The molecule has 3 unspecified atom stereocenters. The number of thiophene rings is 1. The van der Waals surface area contributed by atoms with E-state index in [0.717, 1.165) is 18.4 Å². The third-order valence-corrected chi connectivity index (χ3v) is 5.58. The van der Waals surface area contributed by atoms with Crippen LogP contribution in [0.1, 0.15) is 50.4 Å². The monoisotopic (exact) mass is 315 g/mol. The fraction of sp³-hybridized carbons (Fsp3) is 0.714. The minimum atomic E-state index is 0.573. The zero-order chi connectivity index (χ0) is 12.3. The fourth-order valence-electron chi connectivity index (χ4n) is 2.93. The molecule has 1 aliphatic rings. The highest BCUT2D eigenvalue weighted by molar-refractivity contribution is 9.11. The fourth-order valence-corrected chi connectivity index (χ4v) is 4.50. The van der Waals surface area contributed by atoms with E-state index in [-0.39, 0.29) is 0 Å². The number of nitrogens with one attached hydrogen (secondary N) is 1. The van der Waals surface area contributed by atoms with E-state index in [1.54, 1.807) is 0 Å². The number of hydrogen-bond acceptors (Lipinski definition) is 2. The first-order valence-electron chi connectivity index (χ1n) is 6.71. The molecule has 1 nitrogen and oxygen atoms in total. The molecular weight excluding hydrogens is 294 g/mol. The van der Waals surface area contributed by atoms with Crippen LogP contribution in [0, 0.1) is 11.8 Å². The lowest BCUT2D eigenvalue weighted by Crippen LogP contribution is -2.29. The van der Waals surface area contributed by atoms with Gasteiger partial charge in [-0.1, -0.05) is 26.7 Å². The lowest BCUT2D eigenvalue weighted by molar-refractivity contribution is 0.305. The Morgan fingerprint density at radius 3 is 2.82 bits per heavy atom. The highest BCUT2D eigenvalue weighted by Crippen LogP contribution is 2.42. The van der Waals surface area contributed by atoms with Gasteiger partial charge in [0.05, 0.1) is 3.79 Å². The third-order valence-electron chi connectivity index (χ3n) is 3.87. The van der Waals surface area contributed by atoms with E-state index < -0.39 is 0 Å². The summed E-state index contributed by atoms with van der Waals surface area (Å²) >= 11 is 5.47. The van der Waals surface area contributed by atoms with Crippen LogP contribution in [-0.4, -0.2) is 6.54 Å². The van der Waals surface area contributed by atoms with Crippen molar-refractivity contribution in [2.75, 3.05) is 6.54 Å². The molecule has 0 spiro atoms. The van der Waals surface area contributed by atoms with E-state index >= 15 is 0 Å². The van der Waals surface area contributed by atoms with E-state index in [9.17, 15) is 0 Å². The molecule has 0 bridgehead atoms. The van der Waals surface area contributed by atoms with E-state index in [4.69, 9.17) is 0 Å². The summed E-state index contributed by atoms with van der Waals surface area (Å²) in [4.78, 5) is 1.50. The van der Waals surface area contributed by atoms with Gasteiger partial charge >= 0.3 is 0 Å². The van der Waals surface area contributed by atoms with Crippen molar-refractivity contribution >= 4 is 27.3 Å². The average Bonchev–Trinajstić information content (AvgIpc) is 2.90. The van der Waals surface area contributed by atoms with E-state index in [0.29, 0.717) is 6.04 Å². The van der Waals surface area contributed by atoms with Gasteiger partial charge in [0.15, 0.2) is 0 Å². The Labute approximate surface area is 117 Å². The molecule has 1 heterocycles. The number of halogens is 1. The average molecular weight is 316 g/mol. The Morgan fingerprint density at radius 2 is 2.29 bits per heavy atom. The Morgan fingerprint density at radius 1 is 1.47 bits per heavy atom. The van der Waals surface area contributed by atoms with E-state index in [1.165, 1.54) is 34.3 Å². The molecule has 1 N–H and O–H groups in total. The summed E-state index contributed by atoms with van der Waals surface area (Å²) in [7, 11) is 0. The molecule has 0 aromatic carbocycles. The Kier molecular flexibility index (Phi) is 5.07. The van der Waals surface area contributed by atoms with Crippen LogP contribution < -0.4 is 5.32 Å². The second-order valence-corrected chi connectivity index (χ2v) is 7.64. The van der Waals surface area contributed by atoms with Crippen LogP contribution in [-0.2, 0) is 0 Å². The lowest BCUT2D eigenvalue weighted by atomic mass is 9.89. The van der Waals surface area contributed by atoms with Crippen molar-refractivity contribution in [3.63, 3.8) is 0 Å². The first-order chi connectivity index (χ1) is 8.22.